The fraction of sp³-hybridized carbons (Fsp3) is 0.222. The molecule has 2 aromatic rings. The van der Waals surface area contributed by atoms with Gasteiger partial charge >= 0.3 is 0 Å². The molecular weight excluding hydrogens is 387 g/mol. The molecule has 4 rings (SSSR count). The molecule has 2 heterocycles. The van der Waals surface area contributed by atoms with Gasteiger partial charge in [-0.2, -0.15) is 0 Å². The average Bonchev–Trinajstić information content (AvgIpc) is 3.41. The highest BCUT2D eigenvalue weighted by Gasteiger charge is 2.48. The molecule has 0 amide bonds. The number of anilines is 1. The lowest BCUT2D eigenvalue weighted by molar-refractivity contribution is 0.555. The number of thioether (sulfide) groups is 1. The number of benzene rings is 1. The molecule has 140 valence electrons. The lowest BCUT2D eigenvalue weighted by Gasteiger charge is -2.19. The lowest BCUT2D eigenvalue weighted by Crippen LogP contribution is -2.36. The van der Waals surface area contributed by atoms with Crippen molar-refractivity contribution in [3.63, 3.8) is 0 Å². The van der Waals surface area contributed by atoms with Crippen LogP contribution >= 0.6 is 23.4 Å². The molecule has 0 radical (unpaired) electrons. The molecule has 3 unspecified atom stereocenters. The third-order valence-electron chi connectivity index (χ3n) is 4.64. The van der Waals surface area contributed by atoms with Gasteiger partial charge in [0.15, 0.2) is 5.17 Å². The highest BCUT2D eigenvalue weighted by Crippen LogP contribution is 2.54. The molecule has 6 nitrogen and oxygen atoms in total. The smallest absolute Gasteiger partial charge is 0.154 e. The van der Waals surface area contributed by atoms with Crippen LogP contribution in [0.2, 0.25) is 5.02 Å². The van der Waals surface area contributed by atoms with Gasteiger partial charge < -0.3 is 22.5 Å². The van der Waals surface area contributed by atoms with Crippen LogP contribution in [0.1, 0.15) is 18.0 Å². The Hall–Kier alpha value is -2.45. The van der Waals surface area contributed by atoms with Crippen molar-refractivity contribution in [1.29, 1.82) is 0 Å². The maximum Gasteiger partial charge on any atom is 0.154 e. The topological polar surface area (TPSA) is 115 Å². The van der Waals surface area contributed by atoms with Crippen molar-refractivity contribution in [3.8, 4) is 0 Å². The zero-order chi connectivity index (χ0) is 19.1. The molecule has 9 heteroatoms. The second kappa shape index (κ2) is 6.94. The Morgan fingerprint density at radius 2 is 2.19 bits per heavy atom. The summed E-state index contributed by atoms with van der Waals surface area (Å²) in [6, 6.07) is 6.14. The Morgan fingerprint density at radius 3 is 2.96 bits per heavy atom. The molecule has 1 aromatic carbocycles. The van der Waals surface area contributed by atoms with Crippen LogP contribution in [0.15, 0.2) is 35.5 Å². The summed E-state index contributed by atoms with van der Waals surface area (Å²) >= 11 is 7.51. The maximum absolute atomic E-state index is 14.5. The molecular formula is C18H18ClFN6S. The first-order valence-electron chi connectivity index (χ1n) is 8.36. The van der Waals surface area contributed by atoms with Gasteiger partial charge in [0.2, 0.25) is 0 Å². The minimum absolute atomic E-state index is 0.263. The Bertz CT molecular complexity index is 1060. The lowest BCUT2D eigenvalue weighted by atomic mass is 10.0. The molecule has 0 saturated heterocycles. The first-order valence-corrected chi connectivity index (χ1v) is 9.61. The van der Waals surface area contributed by atoms with E-state index in [0.29, 0.717) is 43.2 Å². The molecule has 27 heavy (non-hydrogen) atoms. The number of aliphatic imine (C=N–C) groups is 1. The zero-order valence-electron chi connectivity index (χ0n) is 14.2. The fourth-order valence-corrected chi connectivity index (χ4v) is 4.54. The minimum atomic E-state index is -0.307. The normalized spacial score (nSPS) is 25.5. The molecule has 1 fully saturated rings. The number of pyridine rings is 1. The Labute approximate surface area is 164 Å². The van der Waals surface area contributed by atoms with Gasteiger partial charge in [0.25, 0.3) is 0 Å². The largest absolute Gasteiger partial charge is 0.404 e. The molecule has 0 spiro atoms. The van der Waals surface area contributed by atoms with Crippen molar-refractivity contribution >= 4 is 46.2 Å². The number of nitrogens with zero attached hydrogens (tertiary/aromatic N) is 2. The Balaban J connectivity index is 1.70. The first kappa shape index (κ1) is 17.9. The summed E-state index contributed by atoms with van der Waals surface area (Å²) in [6.45, 7) is 0. The van der Waals surface area contributed by atoms with Crippen LogP contribution in [-0.2, 0) is 0 Å². The molecule has 1 aliphatic carbocycles. The molecule has 3 atom stereocenters. The van der Waals surface area contributed by atoms with Gasteiger partial charge in [-0.3, -0.25) is 9.98 Å². The van der Waals surface area contributed by atoms with E-state index in [1.54, 1.807) is 30.0 Å². The van der Waals surface area contributed by atoms with Gasteiger partial charge in [-0.15, -0.1) is 0 Å². The van der Waals surface area contributed by atoms with E-state index in [9.17, 15) is 4.39 Å². The number of hydrogen-bond acceptors (Lipinski definition) is 7. The summed E-state index contributed by atoms with van der Waals surface area (Å²) in [7, 11) is 0. The van der Waals surface area contributed by atoms with Crippen molar-refractivity contribution in [1.82, 2.24) is 4.98 Å². The number of aromatic nitrogens is 1. The molecule has 2 aliphatic rings. The van der Waals surface area contributed by atoms with Gasteiger partial charge in [-0.05, 0) is 36.6 Å². The van der Waals surface area contributed by atoms with Crippen molar-refractivity contribution in [3.05, 3.63) is 57.4 Å². The first-order chi connectivity index (χ1) is 13.0. The molecule has 7 N–H and O–H groups in total. The van der Waals surface area contributed by atoms with Crippen molar-refractivity contribution in [2.45, 2.75) is 17.7 Å². The van der Waals surface area contributed by atoms with E-state index < -0.39 is 0 Å². The standard InChI is InChI=1S/C18H18ClFN6S/c19-9-3-8(6-21)15(24-7-9)17(22)25-10-1-2-13(20)11(4-10)16-12-5-14(12)27-18(23)26-16/h1-4,6-7,12,14,16,25H,5,21-22H2,(H2,23,26)/b8-6-,17-15-. The van der Waals surface area contributed by atoms with Crippen LogP contribution in [0.5, 0.6) is 0 Å². The summed E-state index contributed by atoms with van der Waals surface area (Å²) in [5.74, 6) is 0.302. The number of halogens is 2. The van der Waals surface area contributed by atoms with Crippen molar-refractivity contribution in [2.24, 2.45) is 28.1 Å². The predicted octanol–water partition coefficient (Wildman–Crippen LogP) is 1.20. The van der Waals surface area contributed by atoms with Gasteiger partial charge in [-0.1, -0.05) is 23.4 Å². The quantitative estimate of drug-likeness (QED) is 0.611. The van der Waals surface area contributed by atoms with Gasteiger partial charge in [0.1, 0.15) is 17.0 Å². The predicted molar refractivity (Wildman–Crippen MR) is 109 cm³/mol. The van der Waals surface area contributed by atoms with Crippen molar-refractivity contribution < 1.29 is 4.39 Å². The minimum Gasteiger partial charge on any atom is -0.404 e. The van der Waals surface area contributed by atoms with E-state index in [4.69, 9.17) is 28.8 Å². The number of hydrogen-bond donors (Lipinski definition) is 4. The molecule has 0 bridgehead atoms. The van der Waals surface area contributed by atoms with Gasteiger partial charge in [0, 0.05) is 34.1 Å². The Morgan fingerprint density at radius 1 is 1.37 bits per heavy atom. The van der Waals surface area contributed by atoms with Crippen LogP contribution in [0.3, 0.4) is 0 Å². The average molecular weight is 405 g/mol. The number of fused-ring (bicyclic) bond motifs is 1. The van der Waals surface area contributed by atoms with E-state index >= 15 is 0 Å². The number of nitrogens with two attached hydrogens (primary N) is 3. The summed E-state index contributed by atoms with van der Waals surface area (Å²) in [6.07, 6.45) is 3.86. The SMILES string of the molecule is N/C=c1/cc(Cl)cn/c1=C(/N)Nc1ccc(F)c(C2N=C(N)SC3CC32)c1. The summed E-state index contributed by atoms with van der Waals surface area (Å²) in [5.41, 5.74) is 18.8. The highest BCUT2D eigenvalue weighted by atomic mass is 35.5. The number of nitrogens with one attached hydrogen (secondary N) is 1. The van der Waals surface area contributed by atoms with Gasteiger partial charge in [-0.25, -0.2) is 4.39 Å². The highest BCUT2D eigenvalue weighted by molar-refractivity contribution is 8.14. The van der Waals surface area contributed by atoms with Crippen LogP contribution in [0.25, 0.3) is 12.0 Å². The molecule has 1 saturated carbocycles. The monoisotopic (exact) mass is 404 g/mol. The number of amidine groups is 1. The third-order valence-corrected chi connectivity index (χ3v) is 6.03. The van der Waals surface area contributed by atoms with E-state index in [1.807, 2.05) is 0 Å². The van der Waals surface area contributed by atoms with Crippen molar-refractivity contribution in [2.75, 3.05) is 5.32 Å². The molecule has 1 aliphatic heterocycles. The molecule has 1 aromatic heterocycles. The van der Waals surface area contributed by atoms with Crippen LogP contribution in [0, 0.1) is 11.7 Å². The van der Waals surface area contributed by atoms with E-state index in [-0.39, 0.29) is 17.7 Å². The summed E-state index contributed by atoms with van der Waals surface area (Å²) in [5, 5.41) is 5.52. The van der Waals surface area contributed by atoms with Crippen LogP contribution < -0.4 is 33.1 Å². The third kappa shape index (κ3) is 3.54. The summed E-state index contributed by atoms with van der Waals surface area (Å²) < 4.78 is 14.5. The summed E-state index contributed by atoms with van der Waals surface area (Å²) in [4.78, 5) is 8.68. The maximum atomic E-state index is 14.5. The van der Waals surface area contributed by atoms with Crippen LogP contribution in [-0.4, -0.2) is 15.4 Å². The van der Waals surface area contributed by atoms with E-state index in [0.717, 1.165) is 6.42 Å². The van der Waals surface area contributed by atoms with E-state index in [2.05, 4.69) is 15.3 Å². The van der Waals surface area contributed by atoms with Crippen LogP contribution in [0.4, 0.5) is 10.1 Å². The van der Waals surface area contributed by atoms with E-state index in [1.165, 1.54) is 18.5 Å². The second-order valence-electron chi connectivity index (χ2n) is 6.50. The fourth-order valence-electron chi connectivity index (χ4n) is 3.25. The second-order valence-corrected chi connectivity index (χ2v) is 8.20. The Kier molecular flexibility index (Phi) is 4.61. The zero-order valence-corrected chi connectivity index (χ0v) is 15.8. The van der Waals surface area contributed by atoms with Gasteiger partial charge in [0.05, 0.1) is 11.1 Å². The number of rotatable bonds is 3.